The van der Waals surface area contributed by atoms with Crippen LogP contribution in [0.2, 0.25) is 0 Å². The Hall–Kier alpha value is -0.410. The molecule has 1 radical (unpaired) electrons. The number of aliphatic hydroxyl groups is 1. The van der Waals surface area contributed by atoms with Gasteiger partial charge < -0.3 is 5.11 Å². The Bertz CT molecular complexity index is 55.7. The summed E-state index contributed by atoms with van der Waals surface area (Å²) in [4.78, 5) is 9.55. The monoisotopic (exact) mass is 102 g/mol. The van der Waals surface area contributed by atoms with Crippen LogP contribution in [-0.4, -0.2) is 24.2 Å². The molecular weight excluding hydrogens is 94.0 g/mol. The molecule has 0 aliphatic carbocycles. The maximum Gasteiger partial charge on any atom is 0.163 e. The molecule has 0 aliphatic rings. The van der Waals surface area contributed by atoms with Gasteiger partial charge in [0.2, 0.25) is 0 Å². The van der Waals surface area contributed by atoms with E-state index in [0.717, 1.165) is 0 Å². The molecule has 3 nitrogen and oxygen atoms in total. The molecule has 0 aromatic heterocycles. The van der Waals surface area contributed by atoms with Gasteiger partial charge in [0.15, 0.2) is 12.5 Å². The zero-order valence-corrected chi connectivity index (χ0v) is 3.92. The first-order valence-corrected chi connectivity index (χ1v) is 1.97. The van der Waals surface area contributed by atoms with Crippen molar-refractivity contribution < 1.29 is 9.90 Å². The van der Waals surface area contributed by atoms with Gasteiger partial charge in [-0.2, -0.15) is 0 Å². The van der Waals surface area contributed by atoms with Crippen molar-refractivity contribution in [3.05, 3.63) is 6.92 Å². The lowest BCUT2D eigenvalue weighted by Gasteiger charge is -1.98. The molecule has 1 unspecified atom stereocenters. The van der Waals surface area contributed by atoms with Crippen molar-refractivity contribution in [3.63, 3.8) is 0 Å². The van der Waals surface area contributed by atoms with Crippen LogP contribution in [0.3, 0.4) is 0 Å². The van der Waals surface area contributed by atoms with Crippen LogP contribution in [0.25, 0.3) is 0 Å². The van der Waals surface area contributed by atoms with Crippen LogP contribution < -0.4 is 5.32 Å². The van der Waals surface area contributed by atoms with Gasteiger partial charge in [0.25, 0.3) is 0 Å². The molecule has 0 spiro atoms. The minimum absolute atomic E-state index is 0.361. The Morgan fingerprint density at radius 3 is 2.71 bits per heavy atom. The maximum absolute atomic E-state index is 9.55. The lowest BCUT2D eigenvalue weighted by molar-refractivity contribution is -0.116. The minimum atomic E-state index is -1.04. The van der Waals surface area contributed by atoms with E-state index in [9.17, 15) is 4.79 Å². The SMILES string of the molecule is [CH2]CNC(O)C=O. The summed E-state index contributed by atoms with van der Waals surface area (Å²) in [6.07, 6.45) is -0.636. The highest BCUT2D eigenvalue weighted by Crippen LogP contribution is 1.62. The van der Waals surface area contributed by atoms with Gasteiger partial charge in [-0.05, 0) is 13.5 Å². The topological polar surface area (TPSA) is 49.3 Å². The third-order valence-corrected chi connectivity index (χ3v) is 0.482. The van der Waals surface area contributed by atoms with Gasteiger partial charge in [-0.1, -0.05) is 0 Å². The second-order valence-electron chi connectivity index (χ2n) is 1.04. The van der Waals surface area contributed by atoms with Crippen molar-refractivity contribution >= 4 is 6.29 Å². The quantitative estimate of drug-likeness (QED) is 0.352. The second kappa shape index (κ2) is 3.77. The molecule has 41 valence electrons. The highest BCUT2D eigenvalue weighted by molar-refractivity contribution is 5.54. The third kappa shape index (κ3) is 3.42. The molecule has 0 saturated heterocycles. The summed E-state index contributed by atoms with van der Waals surface area (Å²) in [6.45, 7) is 3.70. The number of carbonyl (C=O) groups is 1. The zero-order chi connectivity index (χ0) is 5.70. The van der Waals surface area contributed by atoms with Crippen molar-refractivity contribution in [2.45, 2.75) is 6.23 Å². The van der Waals surface area contributed by atoms with E-state index in [4.69, 9.17) is 5.11 Å². The van der Waals surface area contributed by atoms with Crippen LogP contribution in [0, 0.1) is 6.92 Å². The van der Waals surface area contributed by atoms with E-state index in [0.29, 0.717) is 12.8 Å². The van der Waals surface area contributed by atoms with Gasteiger partial charge in [0, 0.05) is 0 Å². The van der Waals surface area contributed by atoms with Gasteiger partial charge in [-0.3, -0.25) is 10.1 Å². The molecule has 3 heteroatoms. The van der Waals surface area contributed by atoms with E-state index < -0.39 is 6.23 Å². The molecule has 0 aliphatic heterocycles. The zero-order valence-electron chi connectivity index (χ0n) is 3.92. The van der Waals surface area contributed by atoms with E-state index >= 15 is 0 Å². The fourth-order valence-corrected chi connectivity index (χ4v) is 0.196. The highest BCUT2D eigenvalue weighted by atomic mass is 16.3. The number of hydrogen-bond donors (Lipinski definition) is 2. The van der Waals surface area contributed by atoms with Crippen LogP contribution in [0.15, 0.2) is 0 Å². The fourth-order valence-electron chi connectivity index (χ4n) is 0.196. The van der Waals surface area contributed by atoms with Crippen LogP contribution in [0.4, 0.5) is 0 Å². The van der Waals surface area contributed by atoms with E-state index in [1.807, 2.05) is 0 Å². The molecule has 0 rings (SSSR count). The lowest BCUT2D eigenvalue weighted by Crippen LogP contribution is -2.29. The number of nitrogens with one attached hydrogen (secondary N) is 1. The summed E-state index contributed by atoms with van der Waals surface area (Å²) in [6, 6.07) is 0. The first-order chi connectivity index (χ1) is 3.31. The summed E-state index contributed by atoms with van der Waals surface area (Å²) in [5, 5.41) is 10.7. The maximum atomic E-state index is 9.55. The smallest absolute Gasteiger partial charge is 0.163 e. The summed E-state index contributed by atoms with van der Waals surface area (Å²) >= 11 is 0. The molecule has 0 heterocycles. The number of aldehydes is 1. The molecule has 0 aromatic carbocycles. The fraction of sp³-hybridized carbons (Fsp3) is 0.500. The summed E-state index contributed by atoms with van der Waals surface area (Å²) in [7, 11) is 0. The average molecular weight is 102 g/mol. The molecule has 0 bridgehead atoms. The van der Waals surface area contributed by atoms with Crippen LogP contribution in [0.1, 0.15) is 0 Å². The molecule has 2 N–H and O–H groups in total. The number of hydrogen-bond acceptors (Lipinski definition) is 3. The number of aliphatic hydroxyl groups excluding tert-OH is 1. The number of carbonyl (C=O) groups excluding carboxylic acids is 1. The molecule has 7 heavy (non-hydrogen) atoms. The van der Waals surface area contributed by atoms with Crippen LogP contribution in [-0.2, 0) is 4.79 Å². The average Bonchev–Trinajstić information content (AvgIpc) is 1.68. The van der Waals surface area contributed by atoms with E-state index in [1.165, 1.54) is 0 Å². The van der Waals surface area contributed by atoms with E-state index in [1.54, 1.807) is 0 Å². The van der Waals surface area contributed by atoms with Crippen molar-refractivity contribution in [1.82, 2.24) is 5.32 Å². The van der Waals surface area contributed by atoms with Crippen molar-refractivity contribution in [2.75, 3.05) is 6.54 Å². The first-order valence-electron chi connectivity index (χ1n) is 1.97. The normalized spacial score (nSPS) is 13.4. The van der Waals surface area contributed by atoms with Crippen molar-refractivity contribution in [3.8, 4) is 0 Å². The third-order valence-electron chi connectivity index (χ3n) is 0.482. The van der Waals surface area contributed by atoms with E-state index in [-0.39, 0.29) is 0 Å². The summed E-state index contributed by atoms with van der Waals surface area (Å²) in [5.74, 6) is 0. The standard InChI is InChI=1S/C4H8NO2/c1-2-5-4(7)3-6/h3-5,7H,1-2H2. The highest BCUT2D eigenvalue weighted by Gasteiger charge is 1.92. The Morgan fingerprint density at radius 1 is 2.00 bits per heavy atom. The second-order valence-corrected chi connectivity index (χ2v) is 1.04. The van der Waals surface area contributed by atoms with Gasteiger partial charge >= 0.3 is 0 Å². The van der Waals surface area contributed by atoms with Gasteiger partial charge in [0.05, 0.1) is 0 Å². The van der Waals surface area contributed by atoms with Crippen LogP contribution in [0.5, 0.6) is 0 Å². The first kappa shape index (κ1) is 6.59. The van der Waals surface area contributed by atoms with Crippen LogP contribution >= 0.6 is 0 Å². The molecule has 0 fully saturated rings. The Kier molecular flexibility index (Phi) is 3.55. The van der Waals surface area contributed by atoms with Gasteiger partial charge in [0.1, 0.15) is 0 Å². The summed E-state index contributed by atoms with van der Waals surface area (Å²) < 4.78 is 0. The predicted molar refractivity (Wildman–Crippen MR) is 25.4 cm³/mol. The molecule has 0 amide bonds. The molecular formula is C4H8NO2. The Morgan fingerprint density at radius 2 is 2.57 bits per heavy atom. The molecule has 0 aromatic rings. The van der Waals surface area contributed by atoms with E-state index in [2.05, 4.69) is 12.2 Å². The largest absolute Gasteiger partial charge is 0.372 e. The summed E-state index contributed by atoms with van der Waals surface area (Å²) in [5.41, 5.74) is 0. The van der Waals surface area contributed by atoms with Gasteiger partial charge in [-0.25, -0.2) is 0 Å². The molecule has 1 atom stereocenters. The minimum Gasteiger partial charge on any atom is -0.372 e. The van der Waals surface area contributed by atoms with Crippen molar-refractivity contribution in [1.29, 1.82) is 0 Å². The van der Waals surface area contributed by atoms with Crippen molar-refractivity contribution in [2.24, 2.45) is 0 Å². The number of rotatable bonds is 3. The lowest BCUT2D eigenvalue weighted by atomic mass is 10.6. The van der Waals surface area contributed by atoms with Gasteiger partial charge in [-0.15, -0.1) is 0 Å². The molecule has 0 saturated carbocycles. The Balaban J connectivity index is 2.98. The predicted octanol–water partition coefficient (Wildman–Crippen LogP) is -1.07. The Labute approximate surface area is 42.3 Å².